The van der Waals surface area contributed by atoms with E-state index in [0.29, 0.717) is 23.0 Å². The topological polar surface area (TPSA) is 102 Å². The maximum atomic E-state index is 12.9. The zero-order chi connectivity index (χ0) is 19.3. The van der Waals surface area contributed by atoms with Gasteiger partial charge in [0, 0.05) is 23.4 Å². The first-order chi connectivity index (χ1) is 12.9. The highest BCUT2D eigenvalue weighted by molar-refractivity contribution is 9.10. The Hall–Kier alpha value is -2.75. The number of halogens is 1. The fourth-order valence-corrected chi connectivity index (χ4v) is 3.53. The van der Waals surface area contributed by atoms with E-state index in [1.165, 1.54) is 6.33 Å². The van der Waals surface area contributed by atoms with Crippen molar-refractivity contribution < 1.29 is 9.53 Å². The lowest BCUT2D eigenvalue weighted by molar-refractivity contribution is -0.144. The van der Waals surface area contributed by atoms with Crippen LogP contribution >= 0.6 is 15.9 Å². The van der Waals surface area contributed by atoms with Crippen molar-refractivity contribution in [2.75, 3.05) is 11.9 Å². The molecule has 2 atom stereocenters. The van der Waals surface area contributed by atoms with Gasteiger partial charge in [-0.2, -0.15) is 10.1 Å². The molecule has 4 heterocycles. The van der Waals surface area contributed by atoms with Crippen LogP contribution in [0.5, 0.6) is 0 Å². The van der Waals surface area contributed by atoms with E-state index in [0.717, 1.165) is 15.7 Å². The van der Waals surface area contributed by atoms with Crippen molar-refractivity contribution in [1.82, 2.24) is 29.7 Å². The van der Waals surface area contributed by atoms with Crippen molar-refractivity contribution in [2.45, 2.75) is 32.9 Å². The third-order valence-electron chi connectivity index (χ3n) is 4.74. The Morgan fingerprint density at radius 1 is 1.41 bits per heavy atom. The molecule has 10 heteroatoms. The van der Waals surface area contributed by atoms with Crippen LogP contribution in [0.4, 0.5) is 5.95 Å². The summed E-state index contributed by atoms with van der Waals surface area (Å²) < 4.78 is 8.25. The van der Waals surface area contributed by atoms with Crippen molar-refractivity contribution in [3.05, 3.63) is 40.2 Å². The molecule has 27 heavy (non-hydrogen) atoms. The number of carbonyl (C=O) groups is 1. The molecule has 0 saturated carbocycles. The Morgan fingerprint density at radius 3 is 2.96 bits per heavy atom. The van der Waals surface area contributed by atoms with Gasteiger partial charge in [-0.1, -0.05) is 0 Å². The van der Waals surface area contributed by atoms with Crippen LogP contribution in [0.25, 0.3) is 11.2 Å². The van der Waals surface area contributed by atoms with Crippen LogP contribution in [0.2, 0.25) is 0 Å². The smallest absolute Gasteiger partial charge is 0.338 e. The van der Waals surface area contributed by atoms with E-state index in [-0.39, 0.29) is 6.04 Å². The first-order valence-corrected chi connectivity index (χ1v) is 9.22. The number of nitrogens with one attached hydrogen (secondary N) is 1. The summed E-state index contributed by atoms with van der Waals surface area (Å²) in [7, 11) is 1.85. The van der Waals surface area contributed by atoms with Gasteiger partial charge in [0.15, 0.2) is 11.8 Å². The standard InChI is InChI=1S/C17H18BrN7O2/c1-8-13(9(2)25-17(24(8)4)20-7-21-25)16(26)27-10(3)14-22-12-5-11(18)6-19-15(12)23-14/h5-7,9-10H,1-4H3,(H,19,22,23)/t9-,10-/m1/s1. The number of allylic oxidation sites excluding steroid dienone is 1. The number of hydrogen-bond donors (Lipinski definition) is 1. The summed E-state index contributed by atoms with van der Waals surface area (Å²) in [6.07, 6.45) is 2.60. The number of rotatable bonds is 3. The van der Waals surface area contributed by atoms with E-state index in [4.69, 9.17) is 4.74 Å². The van der Waals surface area contributed by atoms with Gasteiger partial charge < -0.3 is 14.6 Å². The first kappa shape index (κ1) is 17.7. The number of H-pyrrole nitrogens is 1. The second kappa shape index (κ2) is 6.45. The molecule has 0 saturated heterocycles. The summed E-state index contributed by atoms with van der Waals surface area (Å²) in [6, 6.07) is 1.61. The van der Waals surface area contributed by atoms with Crippen molar-refractivity contribution in [1.29, 1.82) is 0 Å². The maximum absolute atomic E-state index is 12.9. The monoisotopic (exact) mass is 431 g/mol. The molecule has 0 amide bonds. The summed E-state index contributed by atoms with van der Waals surface area (Å²) >= 11 is 3.38. The molecular weight excluding hydrogens is 414 g/mol. The molecule has 0 unspecified atom stereocenters. The average Bonchev–Trinajstić information content (AvgIpc) is 3.26. The van der Waals surface area contributed by atoms with Crippen molar-refractivity contribution in [3.8, 4) is 0 Å². The zero-order valence-electron chi connectivity index (χ0n) is 15.3. The average molecular weight is 432 g/mol. The summed E-state index contributed by atoms with van der Waals surface area (Å²) in [4.78, 5) is 30.8. The molecule has 3 aromatic heterocycles. The number of fused-ring (bicyclic) bond motifs is 2. The third kappa shape index (κ3) is 2.89. The minimum Gasteiger partial charge on any atom is -0.451 e. The van der Waals surface area contributed by atoms with Crippen LogP contribution in [0.15, 0.2) is 34.3 Å². The molecule has 0 bridgehead atoms. The summed E-state index contributed by atoms with van der Waals surface area (Å²) in [5, 5.41) is 4.22. The Labute approximate surface area is 163 Å². The number of pyridine rings is 1. The number of imidazole rings is 1. The predicted octanol–water partition coefficient (Wildman–Crippen LogP) is 2.90. The molecule has 4 rings (SSSR count). The zero-order valence-corrected chi connectivity index (χ0v) is 16.9. The summed E-state index contributed by atoms with van der Waals surface area (Å²) in [5.41, 5.74) is 2.68. The van der Waals surface area contributed by atoms with Crippen molar-refractivity contribution in [2.24, 2.45) is 0 Å². The van der Waals surface area contributed by atoms with E-state index in [9.17, 15) is 4.79 Å². The van der Waals surface area contributed by atoms with E-state index in [1.54, 1.807) is 17.8 Å². The van der Waals surface area contributed by atoms with Gasteiger partial charge in [-0.05, 0) is 42.8 Å². The number of nitrogens with zero attached hydrogens (tertiary/aromatic N) is 6. The first-order valence-electron chi connectivity index (χ1n) is 8.43. The van der Waals surface area contributed by atoms with Gasteiger partial charge >= 0.3 is 5.97 Å². The Bertz CT molecular complexity index is 1070. The molecule has 1 N–H and O–H groups in total. The van der Waals surface area contributed by atoms with Gasteiger partial charge in [0.1, 0.15) is 12.2 Å². The van der Waals surface area contributed by atoms with Crippen LogP contribution < -0.4 is 4.90 Å². The molecular formula is C17H18BrN7O2. The lowest BCUT2D eigenvalue weighted by Crippen LogP contribution is -2.33. The number of aromatic amines is 1. The van der Waals surface area contributed by atoms with Crippen LogP contribution in [0.3, 0.4) is 0 Å². The van der Waals surface area contributed by atoms with E-state index < -0.39 is 12.1 Å². The predicted molar refractivity (Wildman–Crippen MR) is 102 cm³/mol. The molecule has 0 fully saturated rings. The van der Waals surface area contributed by atoms with Crippen LogP contribution in [-0.4, -0.2) is 42.7 Å². The highest BCUT2D eigenvalue weighted by atomic mass is 79.9. The quantitative estimate of drug-likeness (QED) is 0.635. The molecule has 3 aromatic rings. The highest BCUT2D eigenvalue weighted by Crippen LogP contribution is 2.33. The van der Waals surface area contributed by atoms with Gasteiger partial charge in [-0.25, -0.2) is 19.4 Å². The lowest BCUT2D eigenvalue weighted by Gasteiger charge is -2.31. The molecule has 0 spiro atoms. The number of anilines is 1. The Kier molecular flexibility index (Phi) is 4.22. The van der Waals surface area contributed by atoms with Gasteiger partial charge in [-0.3, -0.25) is 0 Å². The molecule has 0 aromatic carbocycles. The number of aromatic nitrogens is 6. The number of esters is 1. The minimum atomic E-state index is -0.555. The van der Waals surface area contributed by atoms with Crippen molar-refractivity contribution >= 4 is 39.0 Å². The van der Waals surface area contributed by atoms with Gasteiger partial charge in [0.25, 0.3) is 0 Å². The molecule has 140 valence electrons. The maximum Gasteiger partial charge on any atom is 0.338 e. The fourth-order valence-electron chi connectivity index (χ4n) is 3.20. The third-order valence-corrected chi connectivity index (χ3v) is 5.18. The Balaban J connectivity index is 1.60. The second-order valence-electron chi connectivity index (χ2n) is 6.43. The Morgan fingerprint density at radius 2 is 2.19 bits per heavy atom. The minimum absolute atomic E-state index is 0.272. The van der Waals surface area contributed by atoms with E-state index in [2.05, 4.69) is 41.0 Å². The van der Waals surface area contributed by atoms with Crippen molar-refractivity contribution in [3.63, 3.8) is 0 Å². The number of hydrogen-bond acceptors (Lipinski definition) is 7. The normalized spacial score (nSPS) is 18.0. The van der Waals surface area contributed by atoms with Gasteiger partial charge in [-0.15, -0.1) is 0 Å². The molecule has 9 nitrogen and oxygen atoms in total. The molecule has 0 radical (unpaired) electrons. The number of carbonyl (C=O) groups excluding carboxylic acids is 1. The van der Waals surface area contributed by atoms with Crippen LogP contribution in [0.1, 0.15) is 38.7 Å². The van der Waals surface area contributed by atoms with Gasteiger partial charge in [0.05, 0.1) is 17.1 Å². The van der Waals surface area contributed by atoms with Gasteiger partial charge in [0.2, 0.25) is 5.95 Å². The van der Waals surface area contributed by atoms with Crippen LogP contribution in [-0.2, 0) is 9.53 Å². The van der Waals surface area contributed by atoms with E-state index in [1.807, 2.05) is 31.9 Å². The highest BCUT2D eigenvalue weighted by Gasteiger charge is 2.33. The molecule has 0 aliphatic carbocycles. The molecule has 1 aliphatic heterocycles. The second-order valence-corrected chi connectivity index (χ2v) is 7.35. The lowest BCUT2D eigenvalue weighted by atomic mass is 10.0. The summed E-state index contributed by atoms with van der Waals surface area (Å²) in [5.74, 6) is 0.828. The number of ether oxygens (including phenoxy) is 1. The molecule has 1 aliphatic rings. The fraction of sp³-hybridized carbons (Fsp3) is 0.353. The van der Waals surface area contributed by atoms with E-state index >= 15 is 0 Å². The summed E-state index contributed by atoms with van der Waals surface area (Å²) in [6.45, 7) is 5.55. The van der Waals surface area contributed by atoms with Crippen LogP contribution in [0, 0.1) is 0 Å². The SMILES string of the molecule is CC1=C(C(=O)O[C@H](C)c2nc3ncc(Br)cc3[nH]2)[C@@H](C)n2ncnc2N1C. The largest absolute Gasteiger partial charge is 0.451 e.